The van der Waals surface area contributed by atoms with Crippen LogP contribution >= 0.6 is 23.1 Å². The number of H-pyrrole nitrogens is 1. The zero-order valence-electron chi connectivity index (χ0n) is 16.2. The number of fused-ring (bicyclic) bond motifs is 2. The highest BCUT2D eigenvalue weighted by Gasteiger charge is 2.17. The van der Waals surface area contributed by atoms with E-state index in [0.29, 0.717) is 11.5 Å². The maximum atomic E-state index is 13.1. The van der Waals surface area contributed by atoms with Gasteiger partial charge in [0, 0.05) is 16.5 Å². The normalized spacial score (nSPS) is 11.2. The molecule has 0 unspecified atom stereocenters. The van der Waals surface area contributed by atoms with E-state index in [0.717, 1.165) is 42.3 Å². The molecule has 6 heteroatoms. The third-order valence-electron chi connectivity index (χ3n) is 4.78. The predicted octanol–water partition coefficient (Wildman–Crippen LogP) is 6.35. The van der Waals surface area contributed by atoms with Gasteiger partial charge in [-0.2, -0.15) is 0 Å². The predicted molar refractivity (Wildman–Crippen MR) is 125 cm³/mol. The van der Waals surface area contributed by atoms with Crippen LogP contribution in [0, 0.1) is 0 Å². The molecule has 0 aliphatic heterocycles. The monoisotopic (exact) mass is 430 g/mol. The van der Waals surface area contributed by atoms with E-state index in [4.69, 9.17) is 9.72 Å². The highest BCUT2D eigenvalue weighted by molar-refractivity contribution is 8.01. The van der Waals surface area contributed by atoms with E-state index in [1.54, 1.807) is 11.3 Å². The summed E-state index contributed by atoms with van der Waals surface area (Å²) in [6.07, 6.45) is 0. The maximum absolute atomic E-state index is 13.1. The molecule has 0 bridgehead atoms. The second-order valence-corrected chi connectivity index (χ2v) is 9.00. The van der Waals surface area contributed by atoms with Gasteiger partial charge in [0.15, 0.2) is 4.34 Å². The van der Waals surface area contributed by atoms with E-state index in [9.17, 15) is 4.79 Å². The van der Waals surface area contributed by atoms with E-state index >= 15 is 0 Å². The van der Waals surface area contributed by atoms with Crippen molar-refractivity contribution in [1.82, 2.24) is 9.97 Å². The van der Waals surface area contributed by atoms with E-state index in [2.05, 4.69) is 4.98 Å². The number of thiazole rings is 1. The number of ether oxygens (including phenoxy) is 1. The molecule has 0 radical (unpaired) electrons. The van der Waals surface area contributed by atoms with Crippen LogP contribution in [-0.4, -0.2) is 16.6 Å². The molecule has 0 saturated heterocycles. The van der Waals surface area contributed by atoms with Crippen LogP contribution in [0.2, 0.25) is 0 Å². The van der Waals surface area contributed by atoms with Crippen molar-refractivity contribution in [2.75, 3.05) is 6.61 Å². The van der Waals surface area contributed by atoms with Crippen molar-refractivity contribution in [3.63, 3.8) is 0 Å². The molecule has 1 N–H and O–H groups in total. The molecule has 5 aromatic rings. The SMILES string of the molecule is CCOc1ccc2nc(Sc3c(-c4ccccc4)c4ccccc4[nH]c3=O)sc2c1. The molecule has 2 aromatic heterocycles. The molecule has 0 amide bonds. The first-order valence-corrected chi connectivity index (χ1v) is 11.3. The Morgan fingerprint density at radius 3 is 2.67 bits per heavy atom. The molecule has 30 heavy (non-hydrogen) atoms. The van der Waals surface area contributed by atoms with Gasteiger partial charge in [-0.1, -0.05) is 60.3 Å². The maximum Gasteiger partial charge on any atom is 0.263 e. The first-order chi connectivity index (χ1) is 14.7. The molecule has 148 valence electrons. The summed E-state index contributed by atoms with van der Waals surface area (Å²) >= 11 is 2.99. The van der Waals surface area contributed by atoms with Gasteiger partial charge in [-0.05, 0) is 36.8 Å². The molecule has 0 spiro atoms. The van der Waals surface area contributed by atoms with Crippen LogP contribution in [0.3, 0.4) is 0 Å². The van der Waals surface area contributed by atoms with Crippen LogP contribution < -0.4 is 10.3 Å². The summed E-state index contributed by atoms with van der Waals surface area (Å²) in [5, 5.41) is 1.02. The first-order valence-electron chi connectivity index (χ1n) is 9.64. The Kier molecular flexibility index (Phi) is 5.02. The number of benzene rings is 3. The minimum Gasteiger partial charge on any atom is -0.494 e. The number of aromatic nitrogens is 2. The van der Waals surface area contributed by atoms with Crippen molar-refractivity contribution >= 4 is 44.2 Å². The van der Waals surface area contributed by atoms with Gasteiger partial charge in [0.05, 0.1) is 21.7 Å². The highest BCUT2D eigenvalue weighted by atomic mass is 32.2. The third kappa shape index (κ3) is 3.49. The summed E-state index contributed by atoms with van der Waals surface area (Å²) in [7, 11) is 0. The van der Waals surface area contributed by atoms with E-state index < -0.39 is 0 Å². The fourth-order valence-corrected chi connectivity index (χ4v) is 5.69. The van der Waals surface area contributed by atoms with E-state index in [-0.39, 0.29) is 5.56 Å². The van der Waals surface area contributed by atoms with Gasteiger partial charge < -0.3 is 9.72 Å². The first kappa shape index (κ1) is 18.9. The molecule has 2 heterocycles. The summed E-state index contributed by atoms with van der Waals surface area (Å²) in [4.78, 5) is 21.5. The molecular formula is C24H18N2O2S2. The summed E-state index contributed by atoms with van der Waals surface area (Å²) in [5.41, 5.74) is 3.59. The van der Waals surface area contributed by atoms with Crippen LogP contribution in [0.5, 0.6) is 5.75 Å². The summed E-state index contributed by atoms with van der Waals surface area (Å²) in [6.45, 7) is 2.59. The minimum absolute atomic E-state index is 0.105. The lowest BCUT2D eigenvalue weighted by Crippen LogP contribution is -2.10. The highest BCUT2D eigenvalue weighted by Crippen LogP contribution is 2.40. The molecule has 5 rings (SSSR count). The van der Waals surface area contributed by atoms with Gasteiger partial charge in [0.2, 0.25) is 0 Å². The van der Waals surface area contributed by atoms with Crippen molar-refractivity contribution in [1.29, 1.82) is 0 Å². The minimum atomic E-state index is -0.105. The molecule has 0 saturated carbocycles. The van der Waals surface area contributed by atoms with E-state index in [1.165, 1.54) is 11.8 Å². The van der Waals surface area contributed by atoms with Crippen LogP contribution in [0.4, 0.5) is 0 Å². The van der Waals surface area contributed by atoms with Crippen molar-refractivity contribution in [3.05, 3.63) is 83.2 Å². The van der Waals surface area contributed by atoms with Gasteiger partial charge in [0.25, 0.3) is 5.56 Å². The number of hydrogen-bond donors (Lipinski definition) is 1. The summed E-state index contributed by atoms with van der Waals surface area (Å²) < 4.78 is 7.48. The summed E-state index contributed by atoms with van der Waals surface area (Å²) in [5.74, 6) is 0.832. The zero-order valence-corrected chi connectivity index (χ0v) is 17.8. The van der Waals surface area contributed by atoms with Crippen molar-refractivity contribution < 1.29 is 4.74 Å². The van der Waals surface area contributed by atoms with Crippen molar-refractivity contribution in [2.24, 2.45) is 0 Å². The number of nitrogens with zero attached hydrogens (tertiary/aromatic N) is 1. The largest absolute Gasteiger partial charge is 0.494 e. The molecule has 0 aliphatic rings. The van der Waals surface area contributed by atoms with Crippen LogP contribution in [0.1, 0.15) is 6.92 Å². The standard InChI is InChI=1S/C24H18N2O2S2/c1-2-28-16-12-13-19-20(14-16)29-24(26-19)30-22-21(15-8-4-3-5-9-15)17-10-6-7-11-18(17)25-23(22)27/h3-14H,2H2,1H3,(H,25,27). The average Bonchev–Trinajstić information content (AvgIpc) is 3.17. The Morgan fingerprint density at radius 1 is 1.03 bits per heavy atom. The Balaban J connectivity index is 1.67. The molecule has 0 aliphatic carbocycles. The van der Waals surface area contributed by atoms with Gasteiger partial charge >= 0.3 is 0 Å². The van der Waals surface area contributed by atoms with Gasteiger partial charge in [-0.3, -0.25) is 4.79 Å². The number of aromatic amines is 1. The molecule has 3 aromatic carbocycles. The second kappa shape index (κ2) is 7.97. The van der Waals surface area contributed by atoms with Crippen molar-refractivity contribution in [3.8, 4) is 16.9 Å². The Labute approximate surface area is 181 Å². The van der Waals surface area contributed by atoms with Gasteiger partial charge in [-0.15, -0.1) is 11.3 Å². The number of pyridine rings is 1. The number of hydrogen-bond acceptors (Lipinski definition) is 5. The third-order valence-corrected chi connectivity index (χ3v) is 6.95. The van der Waals surface area contributed by atoms with Crippen LogP contribution in [0.15, 0.2) is 86.8 Å². The lowest BCUT2D eigenvalue weighted by Gasteiger charge is -2.11. The Morgan fingerprint density at radius 2 is 1.83 bits per heavy atom. The van der Waals surface area contributed by atoms with Gasteiger partial charge in [0.1, 0.15) is 5.75 Å². The smallest absolute Gasteiger partial charge is 0.263 e. The van der Waals surface area contributed by atoms with Crippen LogP contribution in [0.25, 0.3) is 32.2 Å². The lowest BCUT2D eigenvalue weighted by atomic mass is 10.0. The average molecular weight is 431 g/mol. The molecular weight excluding hydrogens is 412 g/mol. The van der Waals surface area contributed by atoms with Crippen LogP contribution in [-0.2, 0) is 0 Å². The van der Waals surface area contributed by atoms with Crippen molar-refractivity contribution in [2.45, 2.75) is 16.2 Å². The molecule has 0 fully saturated rings. The van der Waals surface area contributed by atoms with Gasteiger partial charge in [-0.25, -0.2) is 4.98 Å². The fourth-order valence-electron chi connectivity index (χ4n) is 3.49. The topological polar surface area (TPSA) is 55.0 Å². The molecule has 4 nitrogen and oxygen atoms in total. The quantitative estimate of drug-likeness (QED) is 0.353. The summed E-state index contributed by atoms with van der Waals surface area (Å²) in [6, 6.07) is 23.8. The van der Waals surface area contributed by atoms with E-state index in [1.807, 2.05) is 79.7 Å². The Hall–Kier alpha value is -3.09. The number of para-hydroxylation sites is 1. The molecule has 0 atom stereocenters. The Bertz CT molecular complexity index is 1410. The zero-order chi connectivity index (χ0) is 20.5. The lowest BCUT2D eigenvalue weighted by molar-refractivity contribution is 0.341. The fraction of sp³-hybridized carbons (Fsp3) is 0.0833. The second-order valence-electron chi connectivity index (χ2n) is 6.71. The number of nitrogens with one attached hydrogen (secondary N) is 1. The number of rotatable bonds is 5.